The van der Waals surface area contributed by atoms with Gasteiger partial charge in [-0.25, -0.2) is 4.98 Å². The molecule has 0 aliphatic heterocycles. The van der Waals surface area contributed by atoms with Crippen LogP contribution in [0.1, 0.15) is 12.2 Å². The molecule has 3 nitrogen and oxygen atoms in total. The Bertz CT molecular complexity index is 754. The van der Waals surface area contributed by atoms with Crippen molar-refractivity contribution in [1.82, 2.24) is 14.5 Å². The predicted molar refractivity (Wildman–Crippen MR) is 92.5 cm³/mol. The van der Waals surface area contributed by atoms with Crippen molar-refractivity contribution in [2.45, 2.75) is 19.4 Å². The molecule has 3 aromatic rings. The molecular weight excluding hydrogens is 302 g/mol. The van der Waals surface area contributed by atoms with Gasteiger partial charge >= 0.3 is 0 Å². The number of rotatable bonds is 6. The summed E-state index contributed by atoms with van der Waals surface area (Å²) in [4.78, 5) is 9.25. The number of alkyl halides is 1. The molecule has 110 valence electrons. The van der Waals surface area contributed by atoms with Gasteiger partial charge in [0.15, 0.2) is 0 Å². The van der Waals surface area contributed by atoms with Gasteiger partial charge in [-0.05, 0) is 24.5 Å². The fraction of sp³-hybridized carbons (Fsp3) is 0.375. The molecule has 0 amide bonds. The molecule has 0 spiro atoms. The molecule has 0 N–H and O–H groups in total. The number of imidazole rings is 1. The predicted octanol–water partition coefficient (Wildman–Crippen LogP) is 4.12. The molecule has 0 unspecified atom stereocenters. The molecule has 0 radical (unpaired) electrons. The van der Waals surface area contributed by atoms with E-state index in [1.807, 2.05) is 24.0 Å². The average molecular weight is 320 g/mol. The van der Waals surface area contributed by atoms with Crippen LogP contribution in [0.4, 0.5) is 0 Å². The molecule has 0 aliphatic carbocycles. The highest BCUT2D eigenvalue weighted by Crippen LogP contribution is 2.25. The second-order valence-corrected chi connectivity index (χ2v) is 6.34. The zero-order valence-corrected chi connectivity index (χ0v) is 13.6. The van der Waals surface area contributed by atoms with Crippen molar-refractivity contribution < 1.29 is 0 Å². The molecule has 1 aromatic carbocycles. The highest BCUT2D eigenvalue weighted by atomic mass is 35.5. The monoisotopic (exact) mass is 319 g/mol. The van der Waals surface area contributed by atoms with Crippen LogP contribution in [0.3, 0.4) is 0 Å². The number of hydrogen-bond donors (Lipinski definition) is 0. The third kappa shape index (κ3) is 2.87. The fourth-order valence-corrected chi connectivity index (χ4v) is 3.28. The first-order valence-electron chi connectivity index (χ1n) is 7.13. The van der Waals surface area contributed by atoms with Crippen molar-refractivity contribution in [2.75, 3.05) is 17.9 Å². The summed E-state index contributed by atoms with van der Waals surface area (Å²) in [6, 6.07) is 8.26. The zero-order chi connectivity index (χ0) is 14.7. The first-order valence-corrected chi connectivity index (χ1v) is 9.05. The van der Waals surface area contributed by atoms with Gasteiger partial charge in [-0.15, -0.1) is 11.6 Å². The molecular formula is C16H18ClN3S. The number of pyridine rings is 1. The van der Waals surface area contributed by atoms with Crippen LogP contribution in [0.2, 0.25) is 0 Å². The van der Waals surface area contributed by atoms with Crippen LogP contribution in [0.5, 0.6) is 0 Å². The number of aromatic nitrogens is 3. The topological polar surface area (TPSA) is 30.7 Å². The van der Waals surface area contributed by atoms with Crippen molar-refractivity contribution in [2.24, 2.45) is 0 Å². The van der Waals surface area contributed by atoms with Gasteiger partial charge in [0, 0.05) is 24.2 Å². The van der Waals surface area contributed by atoms with Gasteiger partial charge in [-0.2, -0.15) is 11.8 Å². The lowest BCUT2D eigenvalue weighted by atomic mass is 10.2. The highest BCUT2D eigenvalue weighted by Gasteiger charge is 2.13. The molecule has 3 rings (SSSR count). The summed E-state index contributed by atoms with van der Waals surface area (Å²) in [7, 11) is 0. The van der Waals surface area contributed by atoms with Crippen molar-refractivity contribution in [3.8, 4) is 0 Å². The number of halogens is 1. The Balaban J connectivity index is 2.17. The smallest absolute Gasteiger partial charge is 0.111 e. The maximum absolute atomic E-state index is 5.94. The van der Waals surface area contributed by atoms with Crippen LogP contribution in [0.15, 0.2) is 30.5 Å². The van der Waals surface area contributed by atoms with Gasteiger partial charge in [0.05, 0.1) is 17.2 Å². The largest absolute Gasteiger partial charge is 0.327 e. The Morgan fingerprint density at radius 1 is 1.24 bits per heavy atom. The normalized spacial score (nSPS) is 11.5. The molecule has 0 atom stereocenters. The standard InChI is InChI=1S/C16H18ClN3S/c1-21-10-4-9-20-15(7-8-17)19-14-11-18-13-6-3-2-5-12(13)16(14)20/h2-3,5-6,11H,4,7-10H2,1H3. The number of aryl methyl sites for hydroxylation is 2. The van der Waals surface area contributed by atoms with E-state index >= 15 is 0 Å². The fourth-order valence-electron chi connectivity index (χ4n) is 2.69. The van der Waals surface area contributed by atoms with Crippen molar-refractivity contribution in [3.63, 3.8) is 0 Å². The summed E-state index contributed by atoms with van der Waals surface area (Å²) < 4.78 is 2.33. The van der Waals surface area contributed by atoms with Crippen LogP contribution in [0, 0.1) is 0 Å². The second-order valence-electron chi connectivity index (χ2n) is 4.97. The van der Waals surface area contributed by atoms with Crippen LogP contribution >= 0.6 is 23.4 Å². The van der Waals surface area contributed by atoms with Crippen LogP contribution in [0.25, 0.3) is 21.9 Å². The van der Waals surface area contributed by atoms with Crippen molar-refractivity contribution in [1.29, 1.82) is 0 Å². The van der Waals surface area contributed by atoms with Gasteiger partial charge in [0.25, 0.3) is 0 Å². The third-order valence-electron chi connectivity index (χ3n) is 3.61. The Kier molecular flexibility index (Phi) is 4.66. The van der Waals surface area contributed by atoms with E-state index in [0.29, 0.717) is 5.88 Å². The number of benzene rings is 1. The van der Waals surface area contributed by atoms with E-state index in [4.69, 9.17) is 16.6 Å². The van der Waals surface area contributed by atoms with Crippen LogP contribution in [-0.4, -0.2) is 32.4 Å². The Labute approximate surface area is 133 Å². The summed E-state index contributed by atoms with van der Waals surface area (Å²) >= 11 is 7.82. The average Bonchev–Trinajstić information content (AvgIpc) is 2.86. The maximum atomic E-state index is 5.94. The van der Waals surface area contributed by atoms with Gasteiger partial charge < -0.3 is 4.57 Å². The van der Waals surface area contributed by atoms with E-state index in [1.165, 1.54) is 10.9 Å². The van der Waals surface area contributed by atoms with Gasteiger partial charge in [0.2, 0.25) is 0 Å². The molecule has 0 aliphatic rings. The number of thioether (sulfide) groups is 1. The lowest BCUT2D eigenvalue weighted by Crippen LogP contribution is -2.06. The van der Waals surface area contributed by atoms with E-state index in [-0.39, 0.29) is 0 Å². The number of nitrogens with zero attached hydrogens (tertiary/aromatic N) is 3. The highest BCUT2D eigenvalue weighted by molar-refractivity contribution is 7.98. The Hall–Kier alpha value is -1.26. The zero-order valence-electron chi connectivity index (χ0n) is 12.1. The maximum Gasteiger partial charge on any atom is 0.111 e. The van der Waals surface area contributed by atoms with Crippen LogP contribution < -0.4 is 0 Å². The van der Waals surface area contributed by atoms with Crippen molar-refractivity contribution >= 4 is 45.3 Å². The van der Waals surface area contributed by atoms with E-state index in [0.717, 1.165) is 42.0 Å². The molecule has 5 heteroatoms. The van der Waals surface area contributed by atoms with E-state index in [9.17, 15) is 0 Å². The minimum absolute atomic E-state index is 0.594. The van der Waals surface area contributed by atoms with Gasteiger partial charge in [-0.1, -0.05) is 18.2 Å². The van der Waals surface area contributed by atoms with E-state index in [2.05, 4.69) is 34.0 Å². The summed E-state index contributed by atoms with van der Waals surface area (Å²) in [6.07, 6.45) is 5.95. The van der Waals surface area contributed by atoms with E-state index < -0.39 is 0 Å². The summed E-state index contributed by atoms with van der Waals surface area (Å²) in [5.74, 6) is 2.82. The number of hydrogen-bond acceptors (Lipinski definition) is 3. The minimum atomic E-state index is 0.594. The molecule has 0 fully saturated rings. The van der Waals surface area contributed by atoms with Gasteiger partial charge in [0.1, 0.15) is 11.3 Å². The first kappa shape index (κ1) is 14.7. The molecule has 0 bridgehead atoms. The lowest BCUT2D eigenvalue weighted by molar-refractivity contribution is 0.666. The summed E-state index contributed by atoms with van der Waals surface area (Å²) in [6.45, 7) is 0.984. The quantitative estimate of drug-likeness (QED) is 0.506. The summed E-state index contributed by atoms with van der Waals surface area (Å²) in [5, 5.41) is 1.17. The second kappa shape index (κ2) is 6.67. The Morgan fingerprint density at radius 2 is 2.10 bits per heavy atom. The lowest BCUT2D eigenvalue weighted by Gasteiger charge is -2.09. The van der Waals surface area contributed by atoms with E-state index in [1.54, 1.807) is 0 Å². The molecule has 2 aromatic heterocycles. The molecule has 21 heavy (non-hydrogen) atoms. The number of fused-ring (bicyclic) bond motifs is 3. The molecule has 0 saturated carbocycles. The summed E-state index contributed by atoms with van der Waals surface area (Å²) in [5.41, 5.74) is 3.19. The van der Waals surface area contributed by atoms with Gasteiger partial charge in [-0.3, -0.25) is 4.98 Å². The molecule has 2 heterocycles. The SMILES string of the molecule is CSCCCn1c(CCCl)nc2cnc3ccccc3c21. The minimum Gasteiger partial charge on any atom is -0.327 e. The Morgan fingerprint density at radius 3 is 2.90 bits per heavy atom. The number of para-hydroxylation sites is 1. The first-order chi connectivity index (χ1) is 10.3. The molecule has 0 saturated heterocycles. The van der Waals surface area contributed by atoms with Crippen molar-refractivity contribution in [3.05, 3.63) is 36.3 Å². The van der Waals surface area contributed by atoms with Crippen LogP contribution in [-0.2, 0) is 13.0 Å². The third-order valence-corrected chi connectivity index (χ3v) is 4.49.